The topological polar surface area (TPSA) is 64.6 Å². The first-order chi connectivity index (χ1) is 13.6. The Morgan fingerprint density at radius 3 is 2.11 bits per heavy atom. The average Bonchev–Trinajstić information content (AvgIpc) is 2.70. The molecule has 0 saturated heterocycles. The quantitative estimate of drug-likeness (QED) is 0.488. The van der Waals surface area contributed by atoms with Crippen molar-refractivity contribution >= 4 is 17.6 Å². The molecule has 142 valence electrons. The molecule has 0 fully saturated rings. The molecule has 0 atom stereocenters. The first-order valence-corrected chi connectivity index (χ1v) is 8.97. The predicted octanol–water partition coefficient (Wildman–Crippen LogP) is 4.49. The Morgan fingerprint density at radius 2 is 1.46 bits per heavy atom. The highest BCUT2D eigenvalue weighted by atomic mass is 16.5. The van der Waals surface area contributed by atoms with Gasteiger partial charge < -0.3 is 14.8 Å². The van der Waals surface area contributed by atoms with Gasteiger partial charge in [-0.3, -0.25) is 4.79 Å². The van der Waals surface area contributed by atoms with Gasteiger partial charge in [0.15, 0.2) is 0 Å². The summed E-state index contributed by atoms with van der Waals surface area (Å²) < 4.78 is 11.1. The maximum atomic E-state index is 12.3. The first kappa shape index (κ1) is 19.2. The molecule has 0 aliphatic rings. The van der Waals surface area contributed by atoms with Crippen LogP contribution in [0.3, 0.4) is 0 Å². The van der Waals surface area contributed by atoms with E-state index in [4.69, 9.17) is 9.47 Å². The van der Waals surface area contributed by atoms with Gasteiger partial charge in [0, 0.05) is 19.0 Å². The third-order valence-corrected chi connectivity index (χ3v) is 3.98. The van der Waals surface area contributed by atoms with Crippen molar-refractivity contribution in [3.05, 3.63) is 90.0 Å². The molecular formula is C23H21NO4. The van der Waals surface area contributed by atoms with Crippen molar-refractivity contribution in [3.63, 3.8) is 0 Å². The molecule has 1 N–H and O–H groups in total. The van der Waals surface area contributed by atoms with E-state index in [-0.39, 0.29) is 5.91 Å². The lowest BCUT2D eigenvalue weighted by Crippen LogP contribution is -2.09. The van der Waals surface area contributed by atoms with E-state index in [1.807, 2.05) is 18.2 Å². The number of hydrogen-bond acceptors (Lipinski definition) is 4. The molecule has 0 radical (unpaired) electrons. The number of anilines is 1. The van der Waals surface area contributed by atoms with E-state index in [1.54, 1.807) is 48.5 Å². The SMILES string of the molecule is CC(=O)Nc1ccc(OC(=O)c2ccc(OCCc3ccccc3)cc2)cc1. The Hall–Kier alpha value is -3.60. The fraction of sp³-hybridized carbons (Fsp3) is 0.130. The normalized spacial score (nSPS) is 10.2. The van der Waals surface area contributed by atoms with Gasteiger partial charge in [0.1, 0.15) is 11.5 Å². The zero-order valence-electron chi connectivity index (χ0n) is 15.6. The van der Waals surface area contributed by atoms with E-state index < -0.39 is 5.97 Å². The van der Waals surface area contributed by atoms with Crippen molar-refractivity contribution in [1.29, 1.82) is 0 Å². The molecule has 28 heavy (non-hydrogen) atoms. The van der Waals surface area contributed by atoms with Gasteiger partial charge >= 0.3 is 5.97 Å². The maximum absolute atomic E-state index is 12.3. The van der Waals surface area contributed by atoms with Crippen molar-refractivity contribution in [3.8, 4) is 11.5 Å². The van der Waals surface area contributed by atoms with Crippen LogP contribution in [-0.4, -0.2) is 18.5 Å². The van der Waals surface area contributed by atoms with Crippen molar-refractivity contribution in [2.75, 3.05) is 11.9 Å². The number of nitrogens with one attached hydrogen (secondary N) is 1. The summed E-state index contributed by atoms with van der Waals surface area (Å²) in [6, 6.07) is 23.6. The summed E-state index contributed by atoms with van der Waals surface area (Å²) in [7, 11) is 0. The first-order valence-electron chi connectivity index (χ1n) is 8.97. The van der Waals surface area contributed by atoms with Crippen LogP contribution in [0.4, 0.5) is 5.69 Å². The third kappa shape index (κ3) is 5.71. The van der Waals surface area contributed by atoms with E-state index in [1.165, 1.54) is 12.5 Å². The molecule has 5 nitrogen and oxygen atoms in total. The molecule has 0 aliphatic carbocycles. The molecule has 1 amide bonds. The molecule has 0 spiro atoms. The largest absolute Gasteiger partial charge is 0.493 e. The molecule has 0 heterocycles. The van der Waals surface area contributed by atoms with Crippen LogP contribution in [0.5, 0.6) is 11.5 Å². The molecule has 0 aliphatic heterocycles. The van der Waals surface area contributed by atoms with Gasteiger partial charge in [-0.1, -0.05) is 30.3 Å². The van der Waals surface area contributed by atoms with Gasteiger partial charge in [0.25, 0.3) is 0 Å². The maximum Gasteiger partial charge on any atom is 0.343 e. The van der Waals surface area contributed by atoms with E-state index >= 15 is 0 Å². The molecule has 0 saturated carbocycles. The summed E-state index contributed by atoms with van der Waals surface area (Å²) in [5.74, 6) is 0.494. The van der Waals surface area contributed by atoms with Crippen molar-refractivity contribution < 1.29 is 19.1 Å². The highest BCUT2D eigenvalue weighted by molar-refractivity contribution is 5.91. The number of hydrogen-bond donors (Lipinski definition) is 1. The number of carbonyl (C=O) groups excluding carboxylic acids is 2. The van der Waals surface area contributed by atoms with Gasteiger partial charge in [-0.05, 0) is 54.1 Å². The standard InChI is InChI=1S/C23H21NO4/c1-17(25)24-20-9-13-22(14-10-20)28-23(26)19-7-11-21(12-8-19)27-16-15-18-5-3-2-4-6-18/h2-14H,15-16H2,1H3,(H,24,25). The van der Waals surface area contributed by atoms with Gasteiger partial charge in [-0.2, -0.15) is 0 Å². The third-order valence-electron chi connectivity index (χ3n) is 3.98. The van der Waals surface area contributed by atoms with Crippen LogP contribution in [-0.2, 0) is 11.2 Å². The lowest BCUT2D eigenvalue weighted by atomic mass is 10.2. The lowest BCUT2D eigenvalue weighted by molar-refractivity contribution is -0.114. The fourth-order valence-electron chi connectivity index (χ4n) is 2.59. The fourth-order valence-corrected chi connectivity index (χ4v) is 2.59. The highest BCUT2D eigenvalue weighted by Gasteiger charge is 2.09. The molecule has 3 aromatic rings. The summed E-state index contributed by atoms with van der Waals surface area (Å²) in [5, 5.41) is 2.66. The van der Waals surface area contributed by atoms with Crippen LogP contribution in [0, 0.1) is 0 Å². The van der Waals surface area contributed by atoms with Crippen LogP contribution < -0.4 is 14.8 Å². The highest BCUT2D eigenvalue weighted by Crippen LogP contribution is 2.18. The monoisotopic (exact) mass is 375 g/mol. The molecule has 0 bridgehead atoms. The second kappa shape index (κ2) is 9.37. The van der Waals surface area contributed by atoms with Crippen molar-refractivity contribution in [2.45, 2.75) is 13.3 Å². The Morgan fingerprint density at radius 1 is 0.821 bits per heavy atom. The zero-order valence-corrected chi connectivity index (χ0v) is 15.6. The molecule has 0 unspecified atom stereocenters. The summed E-state index contributed by atoms with van der Waals surface area (Å²) >= 11 is 0. The Bertz CT molecular complexity index is 919. The van der Waals surface area contributed by atoms with E-state index in [9.17, 15) is 9.59 Å². The van der Waals surface area contributed by atoms with Crippen LogP contribution in [0.2, 0.25) is 0 Å². The van der Waals surface area contributed by atoms with E-state index in [0.717, 1.165) is 6.42 Å². The molecular weight excluding hydrogens is 354 g/mol. The number of esters is 1. The van der Waals surface area contributed by atoms with Gasteiger partial charge in [0.2, 0.25) is 5.91 Å². The minimum absolute atomic E-state index is 0.157. The number of carbonyl (C=O) groups is 2. The minimum atomic E-state index is -0.455. The average molecular weight is 375 g/mol. The Kier molecular flexibility index (Phi) is 6.41. The zero-order chi connectivity index (χ0) is 19.8. The van der Waals surface area contributed by atoms with Gasteiger partial charge in [-0.15, -0.1) is 0 Å². The van der Waals surface area contributed by atoms with Gasteiger partial charge in [0.05, 0.1) is 12.2 Å². The number of rotatable bonds is 7. The van der Waals surface area contributed by atoms with Crippen LogP contribution >= 0.6 is 0 Å². The van der Waals surface area contributed by atoms with Gasteiger partial charge in [-0.25, -0.2) is 4.79 Å². The van der Waals surface area contributed by atoms with Crippen molar-refractivity contribution in [2.24, 2.45) is 0 Å². The summed E-state index contributed by atoms with van der Waals surface area (Å²) in [4.78, 5) is 23.3. The van der Waals surface area contributed by atoms with Crippen LogP contribution in [0.15, 0.2) is 78.9 Å². The van der Waals surface area contributed by atoms with E-state index in [2.05, 4.69) is 17.4 Å². The lowest BCUT2D eigenvalue weighted by Gasteiger charge is -2.08. The molecule has 3 rings (SSSR count). The van der Waals surface area contributed by atoms with Crippen LogP contribution in [0.1, 0.15) is 22.8 Å². The number of benzene rings is 3. The number of amides is 1. The second-order valence-electron chi connectivity index (χ2n) is 6.20. The molecule has 3 aromatic carbocycles. The predicted molar refractivity (Wildman–Crippen MR) is 108 cm³/mol. The molecule has 5 heteroatoms. The van der Waals surface area contributed by atoms with Crippen molar-refractivity contribution in [1.82, 2.24) is 0 Å². The Balaban J connectivity index is 1.51. The second-order valence-corrected chi connectivity index (χ2v) is 6.20. The summed E-state index contributed by atoms with van der Waals surface area (Å²) in [6.45, 7) is 2.00. The minimum Gasteiger partial charge on any atom is -0.493 e. The smallest absolute Gasteiger partial charge is 0.343 e. The number of ether oxygens (including phenoxy) is 2. The summed E-state index contributed by atoms with van der Waals surface area (Å²) in [5.41, 5.74) is 2.29. The Labute approximate surface area is 163 Å². The summed E-state index contributed by atoms with van der Waals surface area (Å²) in [6.07, 6.45) is 0.819. The van der Waals surface area contributed by atoms with Crippen LogP contribution in [0.25, 0.3) is 0 Å². The molecule has 0 aromatic heterocycles. The van der Waals surface area contributed by atoms with E-state index in [0.29, 0.717) is 29.4 Å².